The van der Waals surface area contributed by atoms with Crippen LogP contribution in [-0.2, 0) is 4.79 Å². The topological polar surface area (TPSA) is 68.8 Å². The summed E-state index contributed by atoms with van der Waals surface area (Å²) in [6.07, 6.45) is 1.67. The first kappa shape index (κ1) is 12.7. The minimum Gasteiger partial charge on any atom is -0.493 e. The summed E-state index contributed by atoms with van der Waals surface area (Å²) in [4.78, 5) is 11.7. The summed E-state index contributed by atoms with van der Waals surface area (Å²) in [6.45, 7) is 2.58. The Hall–Kier alpha value is -2.28. The van der Waals surface area contributed by atoms with Crippen LogP contribution in [0.15, 0.2) is 17.8 Å². The molecule has 2 aliphatic heterocycles. The van der Waals surface area contributed by atoms with Crippen molar-refractivity contribution in [2.24, 2.45) is 0 Å². The lowest BCUT2D eigenvalue weighted by molar-refractivity contribution is -0.115. The zero-order valence-electron chi connectivity index (χ0n) is 10.7. The number of carbonyl (C=O) groups is 1. The number of amides is 1. The van der Waals surface area contributed by atoms with Crippen LogP contribution in [-0.4, -0.2) is 24.4 Å². The number of rotatable bonds is 3. The average molecular weight is 292 g/mol. The minimum atomic E-state index is -0.268. The molecule has 3 rings (SSSR count). The molecule has 1 fully saturated rings. The molecule has 1 amide bonds. The molecule has 20 heavy (non-hydrogen) atoms. The molecule has 1 saturated heterocycles. The fourth-order valence-corrected chi connectivity index (χ4v) is 2.17. The van der Waals surface area contributed by atoms with Gasteiger partial charge in [0.15, 0.2) is 16.6 Å². The average Bonchev–Trinajstić information content (AvgIpc) is 2.97. The molecule has 0 saturated carbocycles. The van der Waals surface area contributed by atoms with Gasteiger partial charge in [-0.25, -0.2) is 0 Å². The molecular formula is C13H12N2O4S. The van der Waals surface area contributed by atoms with Crippen LogP contribution >= 0.6 is 12.2 Å². The standard InChI is InChI=1S/C13H12N2O4S/c1-2-17-9-5-11-10(18-6-19-11)4-7(9)3-8-12(16)15-13(20)14-8/h3-5H,2,6H2,1H3,(H2,14,15,16,20)/b8-3-. The maximum Gasteiger partial charge on any atom is 0.273 e. The van der Waals surface area contributed by atoms with Crippen molar-refractivity contribution in [1.29, 1.82) is 0 Å². The molecule has 0 radical (unpaired) electrons. The van der Waals surface area contributed by atoms with Crippen molar-refractivity contribution < 1.29 is 19.0 Å². The van der Waals surface area contributed by atoms with Gasteiger partial charge in [-0.15, -0.1) is 0 Å². The van der Waals surface area contributed by atoms with Gasteiger partial charge in [-0.2, -0.15) is 0 Å². The third kappa shape index (κ3) is 2.27. The number of thiocarbonyl (C=S) groups is 1. The molecule has 2 N–H and O–H groups in total. The Balaban J connectivity index is 2.01. The van der Waals surface area contributed by atoms with Crippen LogP contribution in [0.3, 0.4) is 0 Å². The van der Waals surface area contributed by atoms with E-state index in [4.69, 9.17) is 26.4 Å². The Morgan fingerprint density at radius 1 is 1.35 bits per heavy atom. The molecule has 104 valence electrons. The smallest absolute Gasteiger partial charge is 0.273 e. The first-order valence-electron chi connectivity index (χ1n) is 6.08. The Morgan fingerprint density at radius 3 is 2.75 bits per heavy atom. The van der Waals surface area contributed by atoms with Gasteiger partial charge in [0, 0.05) is 11.6 Å². The predicted molar refractivity (Wildman–Crippen MR) is 75.6 cm³/mol. The quantitative estimate of drug-likeness (QED) is 0.643. The lowest BCUT2D eigenvalue weighted by Gasteiger charge is -2.09. The highest BCUT2D eigenvalue weighted by Gasteiger charge is 2.22. The van der Waals surface area contributed by atoms with Crippen LogP contribution in [0.4, 0.5) is 0 Å². The molecule has 0 bridgehead atoms. The van der Waals surface area contributed by atoms with Crippen molar-refractivity contribution in [3.05, 3.63) is 23.4 Å². The number of ether oxygens (including phenoxy) is 3. The Bertz CT molecular complexity index is 627. The number of hydrogen-bond donors (Lipinski definition) is 2. The van der Waals surface area contributed by atoms with Crippen molar-refractivity contribution in [2.75, 3.05) is 13.4 Å². The molecule has 0 unspecified atom stereocenters. The van der Waals surface area contributed by atoms with E-state index in [1.54, 1.807) is 18.2 Å². The van der Waals surface area contributed by atoms with Crippen LogP contribution in [0.1, 0.15) is 12.5 Å². The summed E-state index contributed by atoms with van der Waals surface area (Å²) in [5.41, 5.74) is 1.09. The van der Waals surface area contributed by atoms with E-state index in [0.717, 1.165) is 5.56 Å². The SMILES string of the molecule is CCOc1cc2c(cc1/C=C1\NC(=S)NC1=O)OCO2. The van der Waals surface area contributed by atoms with Crippen LogP contribution in [0.2, 0.25) is 0 Å². The molecule has 0 aliphatic carbocycles. The first-order chi connectivity index (χ1) is 9.67. The molecule has 1 aromatic carbocycles. The third-order valence-corrected chi connectivity index (χ3v) is 3.03. The Labute approximate surface area is 120 Å². The van der Waals surface area contributed by atoms with Crippen molar-refractivity contribution in [3.63, 3.8) is 0 Å². The lowest BCUT2D eigenvalue weighted by Crippen LogP contribution is -2.21. The van der Waals surface area contributed by atoms with Crippen molar-refractivity contribution >= 4 is 29.3 Å². The largest absolute Gasteiger partial charge is 0.493 e. The number of benzene rings is 1. The molecule has 0 spiro atoms. The molecule has 1 aromatic rings. The maximum absolute atomic E-state index is 11.7. The van der Waals surface area contributed by atoms with Gasteiger partial charge in [0.2, 0.25) is 6.79 Å². The van der Waals surface area contributed by atoms with E-state index in [-0.39, 0.29) is 12.7 Å². The summed E-state index contributed by atoms with van der Waals surface area (Å²) < 4.78 is 16.2. The molecule has 0 aromatic heterocycles. The van der Waals surface area contributed by atoms with Gasteiger partial charge in [-0.3, -0.25) is 10.1 Å². The molecule has 7 heteroatoms. The maximum atomic E-state index is 11.7. The van der Waals surface area contributed by atoms with E-state index in [0.29, 0.717) is 34.7 Å². The fourth-order valence-electron chi connectivity index (χ4n) is 1.97. The van der Waals surface area contributed by atoms with Crippen molar-refractivity contribution in [1.82, 2.24) is 10.6 Å². The molecule has 6 nitrogen and oxygen atoms in total. The van der Waals surface area contributed by atoms with Crippen LogP contribution in [0.25, 0.3) is 6.08 Å². The lowest BCUT2D eigenvalue weighted by atomic mass is 10.1. The van der Waals surface area contributed by atoms with Crippen molar-refractivity contribution in [3.8, 4) is 17.2 Å². The Morgan fingerprint density at radius 2 is 2.10 bits per heavy atom. The van der Waals surface area contributed by atoms with Gasteiger partial charge in [0.1, 0.15) is 11.4 Å². The van der Waals surface area contributed by atoms with E-state index in [9.17, 15) is 4.79 Å². The second-order valence-corrected chi connectivity index (χ2v) is 4.55. The summed E-state index contributed by atoms with van der Waals surface area (Å²) in [7, 11) is 0. The van der Waals surface area contributed by atoms with Gasteiger partial charge >= 0.3 is 0 Å². The molecule has 0 atom stereocenters. The minimum absolute atomic E-state index is 0.184. The summed E-state index contributed by atoms with van der Waals surface area (Å²) in [6, 6.07) is 3.53. The third-order valence-electron chi connectivity index (χ3n) is 2.82. The second-order valence-electron chi connectivity index (χ2n) is 4.14. The summed E-state index contributed by atoms with van der Waals surface area (Å²) in [5.74, 6) is 1.61. The van der Waals surface area contributed by atoms with Gasteiger partial charge in [-0.1, -0.05) is 0 Å². The molecule has 2 heterocycles. The number of hydrogen-bond acceptors (Lipinski definition) is 5. The van der Waals surface area contributed by atoms with Gasteiger partial charge in [0.05, 0.1) is 6.61 Å². The first-order valence-corrected chi connectivity index (χ1v) is 6.48. The Kier molecular flexibility index (Phi) is 3.19. The van der Waals surface area contributed by atoms with Crippen LogP contribution in [0, 0.1) is 0 Å². The van der Waals surface area contributed by atoms with E-state index in [1.807, 2.05) is 6.92 Å². The van der Waals surface area contributed by atoms with Crippen molar-refractivity contribution in [2.45, 2.75) is 6.92 Å². The van der Waals surface area contributed by atoms with Gasteiger partial charge < -0.3 is 19.5 Å². The second kappa shape index (κ2) is 5.01. The highest BCUT2D eigenvalue weighted by Crippen LogP contribution is 2.39. The van der Waals surface area contributed by atoms with Crippen LogP contribution < -0.4 is 24.8 Å². The highest BCUT2D eigenvalue weighted by atomic mass is 32.1. The molecular weight excluding hydrogens is 280 g/mol. The number of carbonyl (C=O) groups excluding carboxylic acids is 1. The highest BCUT2D eigenvalue weighted by molar-refractivity contribution is 7.80. The molecule has 2 aliphatic rings. The van der Waals surface area contributed by atoms with E-state index in [2.05, 4.69) is 10.6 Å². The zero-order valence-corrected chi connectivity index (χ0v) is 11.5. The monoisotopic (exact) mass is 292 g/mol. The van der Waals surface area contributed by atoms with Gasteiger partial charge in [-0.05, 0) is 31.3 Å². The van der Waals surface area contributed by atoms with Crippen LogP contribution in [0.5, 0.6) is 17.2 Å². The fraction of sp³-hybridized carbons (Fsp3) is 0.231. The van der Waals surface area contributed by atoms with E-state index in [1.165, 1.54) is 0 Å². The van der Waals surface area contributed by atoms with Gasteiger partial charge in [0.25, 0.3) is 5.91 Å². The zero-order chi connectivity index (χ0) is 14.1. The summed E-state index contributed by atoms with van der Waals surface area (Å²) >= 11 is 4.89. The summed E-state index contributed by atoms with van der Waals surface area (Å²) in [5, 5.41) is 5.59. The van der Waals surface area contributed by atoms with E-state index >= 15 is 0 Å². The van der Waals surface area contributed by atoms with E-state index < -0.39 is 0 Å². The number of fused-ring (bicyclic) bond motifs is 1. The number of nitrogens with one attached hydrogen (secondary N) is 2. The normalized spacial score (nSPS) is 18.1. The predicted octanol–water partition coefficient (Wildman–Crippen LogP) is 1.16.